The summed E-state index contributed by atoms with van der Waals surface area (Å²) in [6, 6.07) is 19.8. The van der Waals surface area contributed by atoms with E-state index in [2.05, 4.69) is 26.0 Å². The lowest BCUT2D eigenvalue weighted by Crippen LogP contribution is -1.86. The third-order valence-corrected chi connectivity index (χ3v) is 7.68. The maximum Gasteiger partial charge on any atom is 0.146 e. The Morgan fingerprint density at radius 3 is 2.43 bits per heavy atom. The van der Waals surface area contributed by atoms with Crippen molar-refractivity contribution in [2.24, 2.45) is 0 Å². The lowest BCUT2D eigenvalue weighted by molar-refractivity contribution is 0.890. The van der Waals surface area contributed by atoms with Crippen molar-refractivity contribution in [1.82, 2.24) is 9.97 Å². The zero-order chi connectivity index (χ0) is 20.8. The molecular formula is C24H16ClN3S2. The van der Waals surface area contributed by atoms with Crippen LogP contribution in [0.5, 0.6) is 0 Å². The van der Waals surface area contributed by atoms with E-state index in [0.29, 0.717) is 16.5 Å². The molecule has 0 aliphatic rings. The maximum absolute atomic E-state index is 9.06. The van der Waals surface area contributed by atoms with Gasteiger partial charge in [0.25, 0.3) is 0 Å². The molecule has 146 valence electrons. The average Bonchev–Trinajstić information content (AvgIpc) is 3.37. The van der Waals surface area contributed by atoms with Crippen molar-refractivity contribution in [3.63, 3.8) is 0 Å². The standard InChI is InChI=1S/C24H16ClN3S2/c1-13(2)19-11-17-20(16-5-3-4-6-18(16)25)21-24(28-23(17)29-19)30-22(27-21)15-9-7-14(12-26)8-10-15/h3-11,13H,1-2H3. The lowest BCUT2D eigenvalue weighted by atomic mass is 10.0. The molecular weight excluding hydrogens is 430 g/mol. The van der Waals surface area contributed by atoms with Crippen LogP contribution in [-0.2, 0) is 0 Å². The summed E-state index contributed by atoms with van der Waals surface area (Å²) in [5.41, 5.74) is 4.50. The van der Waals surface area contributed by atoms with E-state index in [9.17, 15) is 0 Å². The highest BCUT2D eigenvalue weighted by Crippen LogP contribution is 2.44. The Labute approximate surface area is 187 Å². The normalized spacial score (nSPS) is 11.4. The molecule has 6 heteroatoms. The average molecular weight is 446 g/mol. The SMILES string of the molecule is CC(C)c1cc2c(-c3ccccc3Cl)c3nc(-c4ccc(C#N)cc4)sc3nc2s1. The van der Waals surface area contributed by atoms with Crippen molar-refractivity contribution in [1.29, 1.82) is 5.26 Å². The van der Waals surface area contributed by atoms with E-state index >= 15 is 0 Å². The number of pyridine rings is 1. The number of hydrogen-bond donors (Lipinski definition) is 0. The minimum atomic E-state index is 0.434. The third-order valence-electron chi connectivity index (χ3n) is 5.02. The van der Waals surface area contributed by atoms with Crippen LogP contribution in [0.1, 0.15) is 30.2 Å². The first-order valence-electron chi connectivity index (χ1n) is 9.54. The first-order chi connectivity index (χ1) is 14.5. The van der Waals surface area contributed by atoms with Gasteiger partial charge in [0.15, 0.2) is 0 Å². The summed E-state index contributed by atoms with van der Waals surface area (Å²) in [5, 5.41) is 11.8. The Morgan fingerprint density at radius 1 is 0.967 bits per heavy atom. The monoisotopic (exact) mass is 445 g/mol. The molecule has 0 aliphatic heterocycles. The van der Waals surface area contributed by atoms with Crippen LogP contribution in [0.4, 0.5) is 0 Å². The van der Waals surface area contributed by atoms with Crippen LogP contribution in [0.3, 0.4) is 0 Å². The van der Waals surface area contributed by atoms with Crippen LogP contribution < -0.4 is 0 Å². The highest BCUT2D eigenvalue weighted by atomic mass is 35.5. The van der Waals surface area contributed by atoms with E-state index < -0.39 is 0 Å². The molecule has 0 saturated carbocycles. The lowest BCUT2D eigenvalue weighted by Gasteiger charge is -2.07. The summed E-state index contributed by atoms with van der Waals surface area (Å²) in [7, 11) is 0. The fourth-order valence-electron chi connectivity index (χ4n) is 3.46. The quantitative estimate of drug-likeness (QED) is 0.283. The molecule has 0 atom stereocenters. The number of fused-ring (bicyclic) bond motifs is 2. The Kier molecular flexibility index (Phi) is 4.79. The van der Waals surface area contributed by atoms with Gasteiger partial charge in [-0.05, 0) is 30.2 Å². The molecule has 5 aromatic rings. The van der Waals surface area contributed by atoms with Crippen molar-refractivity contribution >= 4 is 54.8 Å². The summed E-state index contributed by atoms with van der Waals surface area (Å²) < 4.78 is 0. The topological polar surface area (TPSA) is 49.6 Å². The zero-order valence-corrected chi connectivity index (χ0v) is 18.7. The van der Waals surface area contributed by atoms with Gasteiger partial charge in [-0.2, -0.15) is 5.26 Å². The van der Waals surface area contributed by atoms with E-state index in [1.54, 1.807) is 22.7 Å². The number of halogens is 1. The van der Waals surface area contributed by atoms with Gasteiger partial charge < -0.3 is 0 Å². The molecule has 0 aliphatic carbocycles. The van der Waals surface area contributed by atoms with Crippen LogP contribution >= 0.6 is 34.3 Å². The first kappa shape index (κ1) is 19.2. The van der Waals surface area contributed by atoms with Gasteiger partial charge in [-0.3, -0.25) is 0 Å². The van der Waals surface area contributed by atoms with Crippen molar-refractivity contribution < 1.29 is 0 Å². The highest BCUT2D eigenvalue weighted by molar-refractivity contribution is 7.22. The number of thiophene rings is 1. The number of aromatic nitrogens is 2. The largest absolute Gasteiger partial charge is 0.234 e. The smallest absolute Gasteiger partial charge is 0.146 e. The fraction of sp³-hybridized carbons (Fsp3) is 0.125. The van der Waals surface area contributed by atoms with E-state index in [1.807, 2.05) is 48.5 Å². The van der Waals surface area contributed by atoms with Crippen molar-refractivity contribution in [2.45, 2.75) is 19.8 Å². The number of benzene rings is 2. The number of thiazole rings is 1. The Morgan fingerprint density at radius 2 is 1.73 bits per heavy atom. The Bertz CT molecular complexity index is 1440. The van der Waals surface area contributed by atoms with Gasteiger partial charge in [-0.1, -0.05) is 67.1 Å². The molecule has 3 nitrogen and oxygen atoms in total. The van der Waals surface area contributed by atoms with E-state index in [4.69, 9.17) is 26.8 Å². The number of hydrogen-bond acceptors (Lipinski definition) is 5. The number of nitriles is 1. The minimum Gasteiger partial charge on any atom is -0.234 e. The second-order valence-corrected chi connectivity index (χ2v) is 9.80. The van der Waals surface area contributed by atoms with Gasteiger partial charge in [0, 0.05) is 32.0 Å². The molecule has 0 fully saturated rings. The van der Waals surface area contributed by atoms with Crippen molar-refractivity contribution in [3.8, 4) is 27.8 Å². The Hall–Kier alpha value is -2.78. The summed E-state index contributed by atoms with van der Waals surface area (Å²) in [6.45, 7) is 4.40. The van der Waals surface area contributed by atoms with Gasteiger partial charge in [-0.25, -0.2) is 9.97 Å². The van der Waals surface area contributed by atoms with Crippen LogP contribution in [0.2, 0.25) is 5.02 Å². The summed E-state index contributed by atoms with van der Waals surface area (Å²) in [6.07, 6.45) is 0. The molecule has 30 heavy (non-hydrogen) atoms. The predicted octanol–water partition coefficient (Wildman–Crippen LogP) is 7.89. The molecule has 0 amide bonds. The van der Waals surface area contributed by atoms with Gasteiger partial charge in [0.2, 0.25) is 0 Å². The molecule has 0 N–H and O–H groups in total. The molecule has 3 heterocycles. The van der Waals surface area contributed by atoms with Gasteiger partial charge in [-0.15, -0.1) is 11.3 Å². The molecule has 0 unspecified atom stereocenters. The molecule has 0 spiro atoms. The van der Waals surface area contributed by atoms with E-state index in [-0.39, 0.29) is 0 Å². The predicted molar refractivity (Wildman–Crippen MR) is 127 cm³/mol. The number of nitrogens with zero attached hydrogens (tertiary/aromatic N) is 3. The van der Waals surface area contributed by atoms with E-state index in [1.165, 1.54) is 4.88 Å². The first-order valence-corrected chi connectivity index (χ1v) is 11.6. The summed E-state index contributed by atoms with van der Waals surface area (Å²) >= 11 is 9.92. The fourth-order valence-corrected chi connectivity index (χ4v) is 5.75. The molecule has 2 aromatic carbocycles. The molecule has 0 radical (unpaired) electrons. The molecule has 0 saturated heterocycles. The molecule has 0 bridgehead atoms. The second-order valence-electron chi connectivity index (χ2n) is 7.35. The molecule has 5 rings (SSSR count). The van der Waals surface area contributed by atoms with Gasteiger partial charge in [0.05, 0.1) is 11.6 Å². The van der Waals surface area contributed by atoms with E-state index in [0.717, 1.165) is 42.3 Å². The van der Waals surface area contributed by atoms with Gasteiger partial charge >= 0.3 is 0 Å². The number of rotatable bonds is 3. The van der Waals surface area contributed by atoms with Crippen LogP contribution in [0, 0.1) is 11.3 Å². The minimum absolute atomic E-state index is 0.434. The van der Waals surface area contributed by atoms with Gasteiger partial charge in [0.1, 0.15) is 20.2 Å². The van der Waals surface area contributed by atoms with Crippen LogP contribution in [0.25, 0.3) is 42.3 Å². The van der Waals surface area contributed by atoms with Crippen molar-refractivity contribution in [2.75, 3.05) is 0 Å². The van der Waals surface area contributed by atoms with Crippen LogP contribution in [0.15, 0.2) is 54.6 Å². The summed E-state index contributed by atoms with van der Waals surface area (Å²) in [4.78, 5) is 13.1. The zero-order valence-electron chi connectivity index (χ0n) is 16.3. The summed E-state index contributed by atoms with van der Waals surface area (Å²) in [5.74, 6) is 0.434. The van der Waals surface area contributed by atoms with Crippen molar-refractivity contribution in [3.05, 3.63) is 70.1 Å². The Balaban J connectivity index is 1.82. The third kappa shape index (κ3) is 3.18. The highest BCUT2D eigenvalue weighted by Gasteiger charge is 2.20. The second kappa shape index (κ2) is 7.48. The maximum atomic E-state index is 9.06. The molecule has 3 aromatic heterocycles. The van der Waals surface area contributed by atoms with Crippen LogP contribution in [-0.4, -0.2) is 9.97 Å².